The molecule has 3 heteroatoms. The molecule has 0 fully saturated rings. The van der Waals surface area contributed by atoms with Gasteiger partial charge in [-0.1, -0.05) is 50.5 Å². The fourth-order valence-corrected chi connectivity index (χ4v) is 3.42. The van der Waals surface area contributed by atoms with E-state index in [2.05, 4.69) is 13.8 Å². The summed E-state index contributed by atoms with van der Waals surface area (Å²) in [5, 5.41) is 0. The van der Waals surface area contributed by atoms with Crippen molar-refractivity contribution >= 4 is 9.84 Å². The lowest BCUT2D eigenvalue weighted by molar-refractivity contribution is 0.598. The van der Waals surface area contributed by atoms with Crippen LogP contribution >= 0.6 is 0 Å². The number of hydrogen-bond donors (Lipinski definition) is 0. The number of allylic oxidation sites excluding steroid dienone is 2. The maximum atomic E-state index is 12.6. The molecule has 1 aromatic carbocycles. The van der Waals surface area contributed by atoms with E-state index >= 15 is 0 Å². The zero-order valence-electron chi connectivity index (χ0n) is 12.1. The molecule has 0 saturated carbocycles. The van der Waals surface area contributed by atoms with E-state index in [4.69, 9.17) is 0 Å². The maximum Gasteiger partial charge on any atom is 0.202 e. The molecule has 0 aliphatic carbocycles. The van der Waals surface area contributed by atoms with Crippen LogP contribution in [-0.4, -0.2) is 8.42 Å². The average Bonchev–Trinajstić information content (AvgIpc) is 2.39. The van der Waals surface area contributed by atoms with Gasteiger partial charge >= 0.3 is 0 Å². The smallest absolute Gasteiger partial charge is 0.202 e. The fraction of sp³-hybridized carbons (Fsp3) is 0.500. The number of sulfone groups is 1. The summed E-state index contributed by atoms with van der Waals surface area (Å²) in [7, 11) is -3.30. The lowest BCUT2D eigenvalue weighted by atomic mass is 10.2. The third-order valence-corrected chi connectivity index (χ3v) is 5.07. The molecule has 0 amide bonds. The Balaban J connectivity index is 3.08. The summed E-state index contributed by atoms with van der Waals surface area (Å²) in [4.78, 5) is 0.997. The van der Waals surface area contributed by atoms with E-state index in [1.54, 1.807) is 12.1 Å². The van der Waals surface area contributed by atoms with Crippen molar-refractivity contribution in [3.05, 3.63) is 40.8 Å². The highest BCUT2D eigenvalue weighted by molar-refractivity contribution is 7.95. The van der Waals surface area contributed by atoms with Crippen LogP contribution in [0, 0.1) is 6.92 Å². The average molecular weight is 280 g/mol. The van der Waals surface area contributed by atoms with Gasteiger partial charge in [0.25, 0.3) is 0 Å². The molecule has 0 bridgehead atoms. The molecule has 106 valence electrons. The number of rotatable bonds is 7. The van der Waals surface area contributed by atoms with E-state index in [1.165, 1.54) is 0 Å². The summed E-state index contributed by atoms with van der Waals surface area (Å²) in [6.07, 6.45) is 6.26. The van der Waals surface area contributed by atoms with Crippen molar-refractivity contribution in [2.45, 2.75) is 57.8 Å². The van der Waals surface area contributed by atoms with Gasteiger partial charge in [-0.2, -0.15) is 0 Å². The standard InChI is InChI=1S/C16H24O2S/c1-4-6-8-15(9-7-5-2)19(17,18)16-12-10-14(3)11-13-16/h8,10-13H,4-7,9H2,1-3H3/b15-8+. The van der Waals surface area contributed by atoms with Crippen LogP contribution in [0.3, 0.4) is 0 Å². The molecule has 0 saturated heterocycles. The molecule has 0 aliphatic rings. The van der Waals surface area contributed by atoms with Gasteiger partial charge < -0.3 is 0 Å². The van der Waals surface area contributed by atoms with Crippen LogP contribution in [0.5, 0.6) is 0 Å². The minimum atomic E-state index is -3.30. The Kier molecular flexibility index (Phi) is 6.29. The number of hydrogen-bond acceptors (Lipinski definition) is 2. The predicted octanol–water partition coefficient (Wildman–Crippen LogP) is 4.64. The third-order valence-electron chi connectivity index (χ3n) is 3.11. The zero-order valence-corrected chi connectivity index (χ0v) is 13.0. The van der Waals surface area contributed by atoms with Crippen molar-refractivity contribution in [2.24, 2.45) is 0 Å². The molecule has 1 aromatic rings. The van der Waals surface area contributed by atoms with E-state index in [0.717, 1.165) is 31.2 Å². The van der Waals surface area contributed by atoms with Crippen LogP contribution in [0.1, 0.15) is 51.5 Å². The summed E-state index contributed by atoms with van der Waals surface area (Å²) in [5.74, 6) is 0. The van der Waals surface area contributed by atoms with Crippen LogP contribution in [0.4, 0.5) is 0 Å². The molecule has 0 atom stereocenters. The van der Waals surface area contributed by atoms with E-state index in [9.17, 15) is 8.42 Å². The Bertz CT molecular complexity index is 510. The lowest BCUT2D eigenvalue weighted by Gasteiger charge is -2.09. The summed E-state index contributed by atoms with van der Waals surface area (Å²) >= 11 is 0. The van der Waals surface area contributed by atoms with Crippen LogP contribution in [0.25, 0.3) is 0 Å². The second kappa shape index (κ2) is 7.49. The highest BCUT2D eigenvalue weighted by atomic mass is 32.2. The van der Waals surface area contributed by atoms with Gasteiger partial charge in [-0.3, -0.25) is 0 Å². The van der Waals surface area contributed by atoms with E-state index in [0.29, 0.717) is 16.2 Å². The number of aryl methyl sites for hydroxylation is 1. The summed E-state index contributed by atoms with van der Waals surface area (Å²) in [6, 6.07) is 7.11. The monoisotopic (exact) mass is 280 g/mol. The number of benzene rings is 1. The molecular formula is C16H24O2S. The van der Waals surface area contributed by atoms with Gasteiger partial charge in [0.15, 0.2) is 0 Å². The van der Waals surface area contributed by atoms with Gasteiger partial charge in [0.05, 0.1) is 4.90 Å². The van der Waals surface area contributed by atoms with Crippen molar-refractivity contribution in [1.29, 1.82) is 0 Å². The Labute approximate surface area is 117 Å². The van der Waals surface area contributed by atoms with Crippen LogP contribution in [0.2, 0.25) is 0 Å². The number of unbranched alkanes of at least 4 members (excludes halogenated alkanes) is 2. The zero-order chi connectivity index (χ0) is 14.3. The first-order chi connectivity index (χ1) is 9.02. The molecule has 0 N–H and O–H groups in total. The SMILES string of the molecule is CCC/C=C(\CCCC)S(=O)(=O)c1ccc(C)cc1. The van der Waals surface area contributed by atoms with Crippen LogP contribution in [-0.2, 0) is 9.84 Å². The van der Waals surface area contributed by atoms with Crippen molar-refractivity contribution in [3.63, 3.8) is 0 Å². The van der Waals surface area contributed by atoms with E-state index in [-0.39, 0.29) is 0 Å². The first kappa shape index (κ1) is 16.0. The largest absolute Gasteiger partial charge is 0.219 e. The first-order valence-electron chi connectivity index (χ1n) is 7.03. The summed E-state index contributed by atoms with van der Waals surface area (Å²) < 4.78 is 25.2. The lowest BCUT2D eigenvalue weighted by Crippen LogP contribution is -2.05. The van der Waals surface area contributed by atoms with Gasteiger partial charge in [-0.05, 0) is 38.3 Å². The predicted molar refractivity (Wildman–Crippen MR) is 80.9 cm³/mol. The van der Waals surface area contributed by atoms with E-state index in [1.807, 2.05) is 25.1 Å². The molecule has 0 unspecified atom stereocenters. The van der Waals surface area contributed by atoms with Crippen molar-refractivity contribution in [2.75, 3.05) is 0 Å². The second-order valence-electron chi connectivity index (χ2n) is 4.88. The Morgan fingerprint density at radius 1 is 1.11 bits per heavy atom. The van der Waals surface area contributed by atoms with Crippen molar-refractivity contribution in [1.82, 2.24) is 0 Å². The molecule has 19 heavy (non-hydrogen) atoms. The van der Waals surface area contributed by atoms with Gasteiger partial charge in [0, 0.05) is 4.91 Å². The Morgan fingerprint density at radius 2 is 1.74 bits per heavy atom. The highest BCUT2D eigenvalue weighted by Gasteiger charge is 2.19. The van der Waals surface area contributed by atoms with Gasteiger partial charge in [-0.15, -0.1) is 0 Å². The quantitative estimate of drug-likeness (QED) is 0.729. The van der Waals surface area contributed by atoms with Crippen LogP contribution < -0.4 is 0 Å². The maximum absolute atomic E-state index is 12.6. The molecule has 0 heterocycles. The van der Waals surface area contributed by atoms with E-state index < -0.39 is 9.84 Å². The molecule has 0 radical (unpaired) electrons. The molecule has 2 nitrogen and oxygen atoms in total. The second-order valence-corrected chi connectivity index (χ2v) is 6.88. The van der Waals surface area contributed by atoms with Gasteiger partial charge in [0.2, 0.25) is 9.84 Å². The topological polar surface area (TPSA) is 34.1 Å². The molecular weight excluding hydrogens is 256 g/mol. The van der Waals surface area contributed by atoms with Gasteiger partial charge in [0.1, 0.15) is 0 Å². The summed E-state index contributed by atoms with van der Waals surface area (Å²) in [6.45, 7) is 6.10. The Hall–Kier alpha value is -1.09. The normalized spacial score (nSPS) is 12.7. The summed E-state index contributed by atoms with van der Waals surface area (Å²) in [5.41, 5.74) is 1.08. The third kappa shape index (κ3) is 4.50. The molecule has 0 aliphatic heterocycles. The Morgan fingerprint density at radius 3 is 2.26 bits per heavy atom. The first-order valence-corrected chi connectivity index (χ1v) is 8.51. The molecule has 0 aromatic heterocycles. The molecule has 0 spiro atoms. The van der Waals surface area contributed by atoms with Crippen molar-refractivity contribution in [3.8, 4) is 0 Å². The minimum absolute atomic E-state index is 0.413. The molecule has 1 rings (SSSR count). The highest BCUT2D eigenvalue weighted by Crippen LogP contribution is 2.24. The fourth-order valence-electron chi connectivity index (χ4n) is 1.87. The van der Waals surface area contributed by atoms with Crippen molar-refractivity contribution < 1.29 is 8.42 Å². The van der Waals surface area contributed by atoms with Gasteiger partial charge in [-0.25, -0.2) is 8.42 Å². The van der Waals surface area contributed by atoms with Crippen LogP contribution in [0.15, 0.2) is 40.1 Å². The minimum Gasteiger partial charge on any atom is -0.219 e.